The van der Waals surface area contributed by atoms with E-state index in [1.54, 1.807) is 17.4 Å². The molecule has 4 rings (SSSR count). The van der Waals surface area contributed by atoms with Crippen molar-refractivity contribution in [3.63, 3.8) is 0 Å². The Morgan fingerprint density at radius 2 is 1.89 bits per heavy atom. The van der Waals surface area contributed by atoms with Crippen molar-refractivity contribution in [3.05, 3.63) is 82.3 Å². The third-order valence-corrected chi connectivity index (χ3v) is 5.72. The van der Waals surface area contributed by atoms with Crippen LogP contribution < -0.4 is 4.74 Å². The summed E-state index contributed by atoms with van der Waals surface area (Å²) >= 11 is 1.56. The van der Waals surface area contributed by atoms with Gasteiger partial charge < -0.3 is 9.47 Å². The lowest BCUT2D eigenvalue weighted by Crippen LogP contribution is -2.13. The summed E-state index contributed by atoms with van der Waals surface area (Å²) in [7, 11) is 1.41. The Balaban J connectivity index is 1.87. The molecule has 4 nitrogen and oxygen atoms in total. The summed E-state index contributed by atoms with van der Waals surface area (Å²) in [6, 6.07) is 18.2. The largest absolute Gasteiger partial charge is 0.473 e. The van der Waals surface area contributed by atoms with Crippen LogP contribution in [0.3, 0.4) is 0 Å². The minimum atomic E-state index is -0.341. The van der Waals surface area contributed by atoms with Crippen LogP contribution in [0.1, 0.15) is 21.9 Å². The molecule has 3 aromatic rings. The van der Waals surface area contributed by atoms with Crippen molar-refractivity contribution in [1.29, 1.82) is 0 Å². The number of methoxy groups -OCH3 is 1. The zero-order valence-electron chi connectivity index (χ0n) is 15.1. The van der Waals surface area contributed by atoms with Gasteiger partial charge in [-0.15, -0.1) is 11.3 Å². The van der Waals surface area contributed by atoms with Crippen molar-refractivity contribution in [3.8, 4) is 16.5 Å². The van der Waals surface area contributed by atoms with Crippen LogP contribution in [-0.2, 0) is 9.53 Å². The van der Waals surface area contributed by atoms with Gasteiger partial charge in [0.15, 0.2) is 0 Å². The molecule has 0 N–H and O–H groups in total. The van der Waals surface area contributed by atoms with E-state index in [1.807, 2.05) is 49.4 Å². The van der Waals surface area contributed by atoms with E-state index in [-0.39, 0.29) is 18.5 Å². The van der Waals surface area contributed by atoms with Crippen LogP contribution in [-0.4, -0.2) is 24.7 Å². The van der Waals surface area contributed by atoms with E-state index < -0.39 is 0 Å². The number of hydrogen-bond acceptors (Lipinski definition) is 5. The van der Waals surface area contributed by atoms with Gasteiger partial charge >= 0.3 is 5.97 Å². The van der Waals surface area contributed by atoms with Crippen molar-refractivity contribution in [2.45, 2.75) is 12.8 Å². The number of aryl methyl sites for hydroxylation is 1. The second kappa shape index (κ2) is 7.37. The van der Waals surface area contributed by atoms with Gasteiger partial charge in [-0.3, -0.25) is 0 Å². The summed E-state index contributed by atoms with van der Waals surface area (Å²) < 4.78 is 10.9. The fourth-order valence-electron chi connectivity index (χ4n) is 3.19. The summed E-state index contributed by atoms with van der Waals surface area (Å²) in [5.41, 5.74) is 3.81. The third kappa shape index (κ3) is 3.38. The zero-order chi connectivity index (χ0) is 18.8. The molecule has 5 heteroatoms. The molecule has 0 radical (unpaired) electrons. The average molecular weight is 377 g/mol. The normalized spacial score (nSPS) is 15.9. The Hall–Kier alpha value is -2.92. The van der Waals surface area contributed by atoms with E-state index in [2.05, 4.69) is 12.1 Å². The lowest BCUT2D eigenvalue weighted by Gasteiger charge is -2.17. The number of hydrogen-bond donors (Lipinski definition) is 0. The molecular formula is C22H19NO3S. The first-order valence-electron chi connectivity index (χ1n) is 8.71. The molecule has 27 heavy (non-hydrogen) atoms. The number of thiazole rings is 1. The number of rotatable bonds is 3. The van der Waals surface area contributed by atoms with Crippen LogP contribution >= 0.6 is 11.3 Å². The number of carbonyl (C=O) groups excluding carboxylic acids is 1. The van der Waals surface area contributed by atoms with Crippen molar-refractivity contribution in [2.24, 2.45) is 0 Å². The number of fused-ring (bicyclic) bond motifs is 1. The Bertz CT molecular complexity index is 990. The van der Waals surface area contributed by atoms with Gasteiger partial charge in [0.1, 0.15) is 11.6 Å². The van der Waals surface area contributed by atoms with Gasteiger partial charge in [-0.25, -0.2) is 9.78 Å². The fraction of sp³-hybridized carbons (Fsp3) is 0.182. The molecule has 136 valence electrons. The second-order valence-electron chi connectivity index (χ2n) is 6.36. The molecule has 1 aliphatic heterocycles. The Morgan fingerprint density at radius 1 is 1.15 bits per heavy atom. The molecule has 1 aliphatic rings. The summed E-state index contributed by atoms with van der Waals surface area (Å²) in [5.74, 6) is -0.0169. The zero-order valence-corrected chi connectivity index (χ0v) is 16.0. The smallest absolute Gasteiger partial charge is 0.334 e. The van der Waals surface area contributed by atoms with Gasteiger partial charge in [0.25, 0.3) is 0 Å². The maximum atomic E-state index is 12.5. The maximum Gasteiger partial charge on any atom is 0.334 e. The van der Waals surface area contributed by atoms with Crippen molar-refractivity contribution in [2.75, 3.05) is 13.7 Å². The molecule has 0 fully saturated rings. The first-order chi connectivity index (χ1) is 13.2. The predicted molar refractivity (Wildman–Crippen MR) is 106 cm³/mol. The summed E-state index contributed by atoms with van der Waals surface area (Å²) in [6.45, 7) is 2.33. The minimum absolute atomic E-state index is 0.259. The van der Waals surface area contributed by atoms with Gasteiger partial charge in [-0.2, -0.15) is 0 Å². The average Bonchev–Trinajstić information content (AvgIpc) is 3.04. The molecule has 2 aromatic carbocycles. The highest BCUT2D eigenvalue weighted by atomic mass is 32.1. The van der Waals surface area contributed by atoms with E-state index >= 15 is 0 Å². The van der Waals surface area contributed by atoms with Crippen molar-refractivity contribution < 1.29 is 14.3 Å². The molecule has 1 aromatic heterocycles. The number of ether oxygens (including phenoxy) is 2. The highest BCUT2D eigenvalue weighted by molar-refractivity contribution is 7.15. The third-order valence-electron chi connectivity index (χ3n) is 4.57. The molecule has 2 heterocycles. The maximum absolute atomic E-state index is 12.5. The molecule has 0 bridgehead atoms. The first kappa shape index (κ1) is 17.5. The Kier molecular flexibility index (Phi) is 4.77. The van der Waals surface area contributed by atoms with Crippen molar-refractivity contribution >= 4 is 17.3 Å². The Labute approximate surface area is 162 Å². The lowest BCUT2D eigenvalue weighted by molar-refractivity contribution is -0.136. The predicted octanol–water partition coefficient (Wildman–Crippen LogP) is 4.74. The van der Waals surface area contributed by atoms with Crippen LogP contribution in [0.5, 0.6) is 5.88 Å². The number of aromatic nitrogens is 1. The van der Waals surface area contributed by atoms with Gasteiger partial charge in [0.2, 0.25) is 5.88 Å². The molecule has 0 spiro atoms. The van der Waals surface area contributed by atoms with Crippen LogP contribution in [0.2, 0.25) is 0 Å². The highest BCUT2D eigenvalue weighted by Gasteiger charge is 2.32. The molecule has 1 unspecified atom stereocenters. The molecule has 0 saturated heterocycles. The summed E-state index contributed by atoms with van der Waals surface area (Å²) in [6.07, 6.45) is 1.80. The highest BCUT2D eigenvalue weighted by Crippen LogP contribution is 2.45. The van der Waals surface area contributed by atoms with Crippen LogP contribution in [0.25, 0.3) is 10.6 Å². The molecule has 0 saturated carbocycles. The number of benzene rings is 2. The molecular weight excluding hydrogens is 358 g/mol. The van der Waals surface area contributed by atoms with Crippen LogP contribution in [0.15, 0.2) is 66.2 Å². The summed E-state index contributed by atoms with van der Waals surface area (Å²) in [5, 5.41) is 0.879. The van der Waals surface area contributed by atoms with E-state index in [4.69, 9.17) is 14.5 Å². The topological polar surface area (TPSA) is 48.4 Å². The molecule has 0 aliphatic carbocycles. The van der Waals surface area contributed by atoms with E-state index in [9.17, 15) is 4.79 Å². The number of nitrogens with zero attached hydrogens (tertiary/aromatic N) is 1. The van der Waals surface area contributed by atoms with Gasteiger partial charge in [-0.1, -0.05) is 60.2 Å². The van der Waals surface area contributed by atoms with Gasteiger partial charge in [-0.05, 0) is 18.6 Å². The van der Waals surface area contributed by atoms with E-state index in [0.717, 1.165) is 21.0 Å². The number of carbonyl (C=O) groups is 1. The minimum Gasteiger partial charge on any atom is -0.473 e. The van der Waals surface area contributed by atoms with Gasteiger partial charge in [0.05, 0.1) is 17.9 Å². The monoisotopic (exact) mass is 377 g/mol. The standard InChI is InChI=1S/C22H19NO3S/c1-14-8-10-15(11-9-14)18-17(22(24)25-2)12-13-26-20-19(18)27-21(23-20)16-6-4-3-5-7-16/h3-12,18H,13H2,1-2H3. The molecule has 1 atom stereocenters. The SMILES string of the molecule is COC(=O)C1=CCOc2nc(-c3ccccc3)sc2C1c1ccc(C)cc1. The number of esters is 1. The lowest BCUT2D eigenvalue weighted by atomic mass is 9.89. The van der Waals surface area contributed by atoms with Crippen molar-refractivity contribution in [1.82, 2.24) is 4.98 Å². The van der Waals surface area contributed by atoms with E-state index in [1.165, 1.54) is 12.7 Å². The van der Waals surface area contributed by atoms with Crippen LogP contribution in [0.4, 0.5) is 0 Å². The summed E-state index contributed by atoms with van der Waals surface area (Å²) in [4.78, 5) is 18.1. The Morgan fingerprint density at radius 3 is 2.59 bits per heavy atom. The van der Waals surface area contributed by atoms with E-state index in [0.29, 0.717) is 11.5 Å². The fourth-order valence-corrected chi connectivity index (χ4v) is 4.35. The second-order valence-corrected chi connectivity index (χ2v) is 7.39. The van der Waals surface area contributed by atoms with Gasteiger partial charge in [0, 0.05) is 11.1 Å². The first-order valence-corrected chi connectivity index (χ1v) is 9.53. The molecule has 0 amide bonds. The quantitative estimate of drug-likeness (QED) is 0.619. The van der Waals surface area contributed by atoms with Crippen LogP contribution in [0, 0.1) is 6.92 Å².